The molecule has 28 heavy (non-hydrogen) atoms. The van der Waals surface area contributed by atoms with Crippen molar-refractivity contribution in [3.63, 3.8) is 0 Å². The van der Waals surface area contributed by atoms with Gasteiger partial charge in [0.1, 0.15) is 0 Å². The predicted octanol–water partition coefficient (Wildman–Crippen LogP) is 8.52. The normalized spacial score (nSPS) is 11.4. The molecule has 0 N–H and O–H groups in total. The van der Waals surface area contributed by atoms with Gasteiger partial charge in [0.25, 0.3) is 0 Å². The molecule has 0 saturated carbocycles. The average molecular weight is 467 g/mol. The second-order valence-electron chi connectivity index (χ2n) is 6.71. The van der Waals surface area contributed by atoms with E-state index in [0.29, 0.717) is 0 Å². The number of halogens is 3. The minimum Gasteiger partial charge on any atom is -0.309 e. The first-order chi connectivity index (χ1) is 13.6. The summed E-state index contributed by atoms with van der Waals surface area (Å²) in [5, 5.41) is 3.64. The Labute approximate surface area is 181 Å². The second-order valence-corrected chi connectivity index (χ2v) is 8.50. The van der Waals surface area contributed by atoms with Gasteiger partial charge in [-0.1, -0.05) is 63.4 Å². The minimum absolute atomic E-state index is 0.720. The van der Waals surface area contributed by atoms with Crippen molar-refractivity contribution in [1.82, 2.24) is 4.57 Å². The van der Waals surface area contributed by atoms with E-state index in [1.807, 2.05) is 24.3 Å². The molecular formula is C24H14BrCl2N. The summed E-state index contributed by atoms with van der Waals surface area (Å²) in [4.78, 5) is 0. The Morgan fingerprint density at radius 3 is 1.54 bits per heavy atom. The maximum Gasteiger partial charge on any atom is 0.0542 e. The number of rotatable bonds is 2. The van der Waals surface area contributed by atoms with E-state index in [-0.39, 0.29) is 0 Å². The van der Waals surface area contributed by atoms with Gasteiger partial charge in [0.15, 0.2) is 0 Å². The summed E-state index contributed by atoms with van der Waals surface area (Å²) < 4.78 is 3.33. The Balaban J connectivity index is 1.71. The van der Waals surface area contributed by atoms with E-state index in [2.05, 4.69) is 81.2 Å². The van der Waals surface area contributed by atoms with Crippen LogP contribution in [0.4, 0.5) is 0 Å². The van der Waals surface area contributed by atoms with Crippen molar-refractivity contribution >= 4 is 60.9 Å². The molecule has 0 saturated heterocycles. The molecule has 1 heterocycles. The fraction of sp³-hybridized carbons (Fsp3) is 0. The molecule has 4 aromatic carbocycles. The van der Waals surface area contributed by atoms with E-state index in [0.717, 1.165) is 42.0 Å². The maximum absolute atomic E-state index is 6.27. The molecule has 136 valence electrons. The standard InChI is InChI=1S/C24H14BrCl2N/c25-17-5-1-15(2-6-17)16-3-9-20(10-4-16)28-23-11-7-18(26)13-21(23)22-14-19(27)8-12-24(22)28/h1-14H. The highest BCUT2D eigenvalue weighted by Crippen LogP contribution is 2.35. The van der Waals surface area contributed by atoms with Crippen molar-refractivity contribution < 1.29 is 0 Å². The molecule has 4 heteroatoms. The average Bonchev–Trinajstić information content (AvgIpc) is 3.02. The Kier molecular flexibility index (Phi) is 4.43. The number of benzene rings is 4. The summed E-state index contributed by atoms with van der Waals surface area (Å²) in [6.45, 7) is 0. The van der Waals surface area contributed by atoms with Gasteiger partial charge >= 0.3 is 0 Å². The molecule has 5 aromatic rings. The molecule has 0 aliphatic carbocycles. The molecule has 0 spiro atoms. The van der Waals surface area contributed by atoms with Crippen LogP contribution in [-0.2, 0) is 0 Å². The van der Waals surface area contributed by atoms with Gasteiger partial charge in [-0.15, -0.1) is 0 Å². The highest BCUT2D eigenvalue weighted by Gasteiger charge is 2.13. The number of hydrogen-bond donors (Lipinski definition) is 0. The largest absolute Gasteiger partial charge is 0.309 e. The first kappa shape index (κ1) is 17.8. The molecule has 5 rings (SSSR count). The summed E-state index contributed by atoms with van der Waals surface area (Å²) >= 11 is 16.0. The lowest BCUT2D eigenvalue weighted by molar-refractivity contribution is 1.18. The van der Waals surface area contributed by atoms with Crippen LogP contribution in [0.1, 0.15) is 0 Å². The van der Waals surface area contributed by atoms with Crippen molar-refractivity contribution in [3.8, 4) is 16.8 Å². The van der Waals surface area contributed by atoms with Gasteiger partial charge in [0.05, 0.1) is 11.0 Å². The topological polar surface area (TPSA) is 4.93 Å². The van der Waals surface area contributed by atoms with E-state index < -0.39 is 0 Å². The number of nitrogens with zero attached hydrogens (tertiary/aromatic N) is 1. The number of aromatic nitrogens is 1. The summed E-state index contributed by atoms with van der Waals surface area (Å²) in [6.07, 6.45) is 0. The second kappa shape index (κ2) is 6.97. The first-order valence-electron chi connectivity index (χ1n) is 8.86. The SMILES string of the molecule is Clc1ccc2c(c1)c1cc(Cl)ccc1n2-c1ccc(-c2ccc(Br)cc2)cc1. The van der Waals surface area contributed by atoms with E-state index in [1.165, 1.54) is 11.1 Å². The molecule has 1 aromatic heterocycles. The van der Waals surface area contributed by atoms with Crippen LogP contribution in [0, 0.1) is 0 Å². The summed E-state index contributed by atoms with van der Waals surface area (Å²) in [5.74, 6) is 0. The van der Waals surface area contributed by atoms with Gasteiger partial charge in [-0.3, -0.25) is 0 Å². The number of hydrogen-bond acceptors (Lipinski definition) is 0. The van der Waals surface area contributed by atoms with Crippen molar-refractivity contribution in [2.45, 2.75) is 0 Å². The van der Waals surface area contributed by atoms with Gasteiger partial charge in [-0.05, 0) is 71.8 Å². The maximum atomic E-state index is 6.27. The lowest BCUT2D eigenvalue weighted by atomic mass is 10.1. The highest BCUT2D eigenvalue weighted by molar-refractivity contribution is 9.10. The third-order valence-electron chi connectivity index (χ3n) is 4.99. The monoisotopic (exact) mass is 465 g/mol. The van der Waals surface area contributed by atoms with Crippen molar-refractivity contribution in [1.29, 1.82) is 0 Å². The van der Waals surface area contributed by atoms with Gasteiger partial charge in [0, 0.05) is 31.0 Å². The van der Waals surface area contributed by atoms with Crippen LogP contribution in [0.5, 0.6) is 0 Å². The summed E-state index contributed by atoms with van der Waals surface area (Å²) in [5.41, 5.74) is 5.69. The van der Waals surface area contributed by atoms with Crippen molar-refractivity contribution in [2.75, 3.05) is 0 Å². The van der Waals surface area contributed by atoms with Crippen LogP contribution < -0.4 is 0 Å². The van der Waals surface area contributed by atoms with Crippen LogP contribution in [-0.4, -0.2) is 4.57 Å². The van der Waals surface area contributed by atoms with E-state index >= 15 is 0 Å². The predicted molar refractivity (Wildman–Crippen MR) is 124 cm³/mol. The van der Waals surface area contributed by atoms with Gasteiger partial charge < -0.3 is 4.57 Å². The zero-order chi connectivity index (χ0) is 19.3. The number of fused-ring (bicyclic) bond motifs is 3. The zero-order valence-corrected chi connectivity index (χ0v) is 17.8. The van der Waals surface area contributed by atoms with Crippen molar-refractivity contribution in [3.05, 3.63) is 99.4 Å². The Morgan fingerprint density at radius 1 is 0.571 bits per heavy atom. The Morgan fingerprint density at radius 2 is 1.04 bits per heavy atom. The lowest BCUT2D eigenvalue weighted by Crippen LogP contribution is -1.93. The molecule has 0 fully saturated rings. The zero-order valence-electron chi connectivity index (χ0n) is 14.7. The quantitative estimate of drug-likeness (QED) is 0.245. The molecule has 0 aliphatic rings. The highest BCUT2D eigenvalue weighted by atomic mass is 79.9. The molecule has 1 nitrogen and oxygen atoms in total. The van der Waals surface area contributed by atoms with Gasteiger partial charge in [-0.25, -0.2) is 0 Å². The Hall–Kier alpha value is -2.26. The Bertz CT molecular complexity index is 1260. The molecule has 0 aliphatic heterocycles. The molecule has 0 bridgehead atoms. The van der Waals surface area contributed by atoms with E-state index in [1.54, 1.807) is 0 Å². The molecule has 0 amide bonds. The third kappa shape index (κ3) is 3.02. The third-order valence-corrected chi connectivity index (χ3v) is 5.99. The van der Waals surface area contributed by atoms with E-state index in [4.69, 9.17) is 23.2 Å². The lowest BCUT2D eigenvalue weighted by Gasteiger charge is -2.09. The molecule has 0 radical (unpaired) electrons. The fourth-order valence-electron chi connectivity index (χ4n) is 3.69. The first-order valence-corrected chi connectivity index (χ1v) is 10.4. The molecular weight excluding hydrogens is 453 g/mol. The fourth-order valence-corrected chi connectivity index (χ4v) is 4.30. The van der Waals surface area contributed by atoms with Crippen LogP contribution in [0.25, 0.3) is 38.6 Å². The van der Waals surface area contributed by atoms with Crippen LogP contribution >= 0.6 is 39.1 Å². The summed E-state index contributed by atoms with van der Waals surface area (Å²) in [7, 11) is 0. The van der Waals surface area contributed by atoms with Gasteiger partial charge in [0.2, 0.25) is 0 Å². The van der Waals surface area contributed by atoms with Crippen molar-refractivity contribution in [2.24, 2.45) is 0 Å². The van der Waals surface area contributed by atoms with Crippen LogP contribution in [0.3, 0.4) is 0 Å². The van der Waals surface area contributed by atoms with E-state index in [9.17, 15) is 0 Å². The van der Waals surface area contributed by atoms with Crippen LogP contribution in [0.2, 0.25) is 10.0 Å². The molecule has 0 atom stereocenters. The van der Waals surface area contributed by atoms with Gasteiger partial charge in [-0.2, -0.15) is 0 Å². The summed E-state index contributed by atoms with van der Waals surface area (Å²) in [6, 6.07) is 28.9. The van der Waals surface area contributed by atoms with Crippen LogP contribution in [0.15, 0.2) is 89.4 Å². The smallest absolute Gasteiger partial charge is 0.0542 e. The molecule has 0 unspecified atom stereocenters. The minimum atomic E-state index is 0.720.